The topological polar surface area (TPSA) is 180 Å². The van der Waals surface area contributed by atoms with Gasteiger partial charge in [0.25, 0.3) is 0 Å². The molecule has 0 aromatic heterocycles. The quantitative estimate of drug-likeness (QED) is 0.216. The van der Waals surface area contributed by atoms with E-state index in [-0.39, 0.29) is 35.9 Å². The third-order valence-corrected chi connectivity index (χ3v) is 13.4. The summed E-state index contributed by atoms with van der Waals surface area (Å²) in [5.41, 5.74) is -2.18. The number of fused-ring (bicyclic) bond motifs is 2. The van der Waals surface area contributed by atoms with Crippen LogP contribution in [-0.4, -0.2) is 97.2 Å². The van der Waals surface area contributed by atoms with E-state index in [0.717, 1.165) is 19.3 Å². The minimum atomic E-state index is -2.18. The van der Waals surface area contributed by atoms with E-state index < -0.39 is 89.0 Å². The Morgan fingerprint density at radius 2 is 1.48 bits per heavy atom. The van der Waals surface area contributed by atoms with E-state index in [2.05, 4.69) is 19.9 Å². The third kappa shape index (κ3) is 11.5. The second-order valence-corrected chi connectivity index (χ2v) is 18.0. The molecule has 1 unspecified atom stereocenters. The summed E-state index contributed by atoms with van der Waals surface area (Å²) >= 11 is 0. The molecule has 1 spiro atoms. The number of ketones is 2. The number of carbonyl (C=O) groups is 3. The molecule has 0 amide bonds. The van der Waals surface area contributed by atoms with Gasteiger partial charge in [-0.1, -0.05) is 92.7 Å². The first-order valence-corrected chi connectivity index (χ1v) is 21.2. The van der Waals surface area contributed by atoms with E-state index in [4.69, 9.17) is 14.2 Å². The number of aliphatic hydroxyl groups excluding tert-OH is 4. The highest BCUT2D eigenvalue weighted by atomic mass is 16.7. The Labute approximate surface area is 336 Å². The van der Waals surface area contributed by atoms with Crippen LogP contribution < -0.4 is 0 Å². The molecule has 56 heavy (non-hydrogen) atoms. The maximum absolute atomic E-state index is 13.5. The zero-order chi connectivity index (χ0) is 42.3. The van der Waals surface area contributed by atoms with Crippen molar-refractivity contribution in [3.63, 3.8) is 0 Å². The largest absolute Gasteiger partial charge is 0.458 e. The number of hydrogen-bond acceptors (Lipinski definition) is 11. The summed E-state index contributed by atoms with van der Waals surface area (Å²) in [6.07, 6.45) is 9.62. The number of allylic oxidation sites excluding steroid dienone is 4. The molecule has 2 fully saturated rings. The van der Waals surface area contributed by atoms with Gasteiger partial charge in [0.1, 0.15) is 17.5 Å². The number of hydrogen-bond donors (Lipinski definition) is 5. The Balaban J connectivity index is 1.99. The minimum Gasteiger partial charge on any atom is -0.458 e. The molecule has 0 radical (unpaired) electrons. The van der Waals surface area contributed by atoms with Crippen molar-refractivity contribution in [3.8, 4) is 0 Å². The lowest BCUT2D eigenvalue weighted by Crippen LogP contribution is -2.62. The Kier molecular flexibility index (Phi) is 17.7. The van der Waals surface area contributed by atoms with Crippen LogP contribution in [0, 0.1) is 53.3 Å². The van der Waals surface area contributed by atoms with E-state index >= 15 is 0 Å². The molecule has 18 atom stereocenters. The zero-order valence-electron chi connectivity index (χ0n) is 35.8. The number of aliphatic hydroxyl groups is 5. The second-order valence-electron chi connectivity index (χ2n) is 18.0. The van der Waals surface area contributed by atoms with Crippen LogP contribution in [0.15, 0.2) is 36.5 Å². The summed E-state index contributed by atoms with van der Waals surface area (Å²) < 4.78 is 20.0. The number of Topliss-reactive ketones (excluding diaryl/α,β-unsaturated/α-hetero) is 2. The summed E-state index contributed by atoms with van der Waals surface area (Å²) in [5, 5.41) is 55.0. The van der Waals surface area contributed by atoms with Gasteiger partial charge in [-0.2, -0.15) is 0 Å². The van der Waals surface area contributed by atoms with E-state index in [1.807, 2.05) is 32.1 Å². The maximum atomic E-state index is 13.5. The van der Waals surface area contributed by atoms with Gasteiger partial charge in [0.15, 0.2) is 11.6 Å². The van der Waals surface area contributed by atoms with E-state index in [1.54, 1.807) is 20.8 Å². The average molecular weight is 791 g/mol. The van der Waals surface area contributed by atoms with Gasteiger partial charge < -0.3 is 39.7 Å². The van der Waals surface area contributed by atoms with Crippen LogP contribution in [0.4, 0.5) is 0 Å². The molecule has 3 aliphatic rings. The number of carbonyl (C=O) groups excluding carboxylic acids is 3. The Bertz CT molecular complexity index is 1390. The van der Waals surface area contributed by atoms with Crippen LogP contribution in [-0.2, 0) is 28.6 Å². The molecule has 2 saturated heterocycles. The van der Waals surface area contributed by atoms with E-state index in [1.165, 1.54) is 39.8 Å². The van der Waals surface area contributed by atoms with Crippen molar-refractivity contribution in [1.29, 1.82) is 0 Å². The highest BCUT2D eigenvalue weighted by Crippen LogP contribution is 2.49. The van der Waals surface area contributed by atoms with Crippen LogP contribution in [0.2, 0.25) is 0 Å². The molecule has 320 valence electrons. The summed E-state index contributed by atoms with van der Waals surface area (Å²) in [6.45, 7) is 19.1. The lowest BCUT2D eigenvalue weighted by molar-refractivity contribution is -0.371. The second kappa shape index (κ2) is 20.6. The molecule has 3 heterocycles. The fourth-order valence-corrected chi connectivity index (χ4v) is 9.01. The summed E-state index contributed by atoms with van der Waals surface area (Å²) in [6, 6.07) is 0. The highest BCUT2D eigenvalue weighted by Gasteiger charge is 2.56. The Morgan fingerprint density at radius 3 is 2.11 bits per heavy atom. The molecule has 0 saturated carbocycles. The molecule has 11 nitrogen and oxygen atoms in total. The lowest BCUT2D eigenvalue weighted by Gasteiger charge is -2.55. The first-order valence-electron chi connectivity index (χ1n) is 21.2. The van der Waals surface area contributed by atoms with Crippen molar-refractivity contribution >= 4 is 17.5 Å². The van der Waals surface area contributed by atoms with Crippen molar-refractivity contribution in [2.45, 2.75) is 175 Å². The molecule has 0 aliphatic carbocycles. The van der Waals surface area contributed by atoms with Gasteiger partial charge in [0.05, 0.1) is 36.6 Å². The van der Waals surface area contributed by atoms with Gasteiger partial charge in [0, 0.05) is 48.0 Å². The monoisotopic (exact) mass is 791 g/mol. The molecule has 3 aliphatic heterocycles. The molecule has 2 bridgehead atoms. The fourth-order valence-electron chi connectivity index (χ4n) is 9.01. The number of rotatable bonds is 3. The smallest absolute Gasteiger partial charge is 0.330 e. The summed E-state index contributed by atoms with van der Waals surface area (Å²) in [4.78, 5) is 40.5. The standard InChI is InChI=1S/C45H74O11/c1-12-34-17-15-13-14-16-27(4)42(51)44(11,53)43(52)32(9)40(50)31(8)39(49)30(7)38(48)26(3)18-21-37(47)54-41-29(6)35(20-19-34)55-45(33(41)10)23-22-25(2)36(56-45)24-28(5)46/h13-15,17-18,21,25-36,38,40-42,46,48,50-51,53H,12,16,19-20,22-24H2,1-11H3/b14-13+,17-15?,21-18+/t25-,26-,27+,28+,29?,30-,31-,32-,33-,34-,35-,36-,38+,40+,41+,42-,44+,45-/m0/s1. The predicted molar refractivity (Wildman–Crippen MR) is 215 cm³/mol. The third-order valence-electron chi connectivity index (χ3n) is 13.4. The van der Waals surface area contributed by atoms with Crippen molar-refractivity contribution in [3.05, 3.63) is 36.5 Å². The Hall–Kier alpha value is -2.25. The van der Waals surface area contributed by atoms with Crippen molar-refractivity contribution in [1.82, 2.24) is 0 Å². The molecule has 0 aromatic carbocycles. The van der Waals surface area contributed by atoms with Gasteiger partial charge in [-0.3, -0.25) is 9.59 Å². The van der Waals surface area contributed by atoms with Crippen LogP contribution in [0.3, 0.4) is 0 Å². The first-order chi connectivity index (χ1) is 26.1. The van der Waals surface area contributed by atoms with Gasteiger partial charge >= 0.3 is 5.97 Å². The van der Waals surface area contributed by atoms with Crippen molar-refractivity contribution in [2.24, 2.45) is 53.3 Å². The maximum Gasteiger partial charge on any atom is 0.330 e. The van der Waals surface area contributed by atoms with Crippen LogP contribution in [0.25, 0.3) is 0 Å². The number of ether oxygens (including phenoxy) is 3. The fraction of sp³-hybridized carbons (Fsp3) is 0.800. The van der Waals surface area contributed by atoms with Gasteiger partial charge in [-0.05, 0) is 70.1 Å². The van der Waals surface area contributed by atoms with E-state index in [9.17, 15) is 39.9 Å². The highest BCUT2D eigenvalue weighted by molar-refractivity contribution is 5.91. The molecule has 11 heteroatoms. The van der Waals surface area contributed by atoms with Crippen LogP contribution in [0.1, 0.15) is 121 Å². The summed E-state index contributed by atoms with van der Waals surface area (Å²) in [5.74, 6) is -7.28. The molecular weight excluding hydrogens is 716 g/mol. The van der Waals surface area contributed by atoms with Crippen molar-refractivity contribution < 1.29 is 54.1 Å². The van der Waals surface area contributed by atoms with Crippen molar-refractivity contribution in [2.75, 3.05) is 0 Å². The Morgan fingerprint density at radius 1 is 0.839 bits per heavy atom. The van der Waals surface area contributed by atoms with Gasteiger partial charge in [-0.15, -0.1) is 0 Å². The van der Waals surface area contributed by atoms with Crippen LogP contribution in [0.5, 0.6) is 0 Å². The summed E-state index contributed by atoms with van der Waals surface area (Å²) in [7, 11) is 0. The normalized spacial score (nSPS) is 46.2. The average Bonchev–Trinajstić information content (AvgIpc) is 3.16. The SMILES string of the molecule is CC[C@H]1C=C/C=C/C[C@@H](C)[C@H](O)[C@@](C)(O)C(=O)[C@@H](C)[C@H](O)[C@@H](C)C(=O)[C@@H](C)[C@H](O)[C@@H](C)/C=C/C(=O)O[C@@H]2C(C)[C@H](CC1)O[C@]1(CC[C@H](C)[C@H](C[C@@H](C)O)O1)[C@H]2C. The molecular formula is C45H74O11. The predicted octanol–water partition coefficient (Wildman–Crippen LogP) is 5.88. The van der Waals surface area contributed by atoms with E-state index in [0.29, 0.717) is 25.7 Å². The minimum absolute atomic E-state index is 0.168. The van der Waals surface area contributed by atoms with Crippen LogP contribution >= 0.6 is 0 Å². The molecule has 3 rings (SSSR count). The lowest BCUT2D eigenvalue weighted by atomic mass is 9.74. The van der Waals surface area contributed by atoms with Gasteiger partial charge in [-0.25, -0.2) is 4.79 Å². The number of esters is 1. The molecule has 0 aromatic rings. The molecule has 5 N–H and O–H groups in total. The van der Waals surface area contributed by atoms with Gasteiger partial charge in [0.2, 0.25) is 0 Å². The zero-order valence-corrected chi connectivity index (χ0v) is 35.8. The first kappa shape index (κ1) is 48.1.